The van der Waals surface area contributed by atoms with Crippen molar-refractivity contribution in [3.8, 4) is 0 Å². The molecule has 0 heterocycles. The highest BCUT2D eigenvalue weighted by Crippen LogP contribution is 2.33. The van der Waals surface area contributed by atoms with Crippen LogP contribution >= 0.6 is 0 Å². The number of carbonyl (C=O) groups is 1. The Bertz CT molecular complexity index is 1520. The highest BCUT2D eigenvalue weighted by atomic mass is 16.4. The number of allylic oxidation sites excluding steroid dienone is 1. The quantitative estimate of drug-likeness (QED) is 0.166. The van der Waals surface area contributed by atoms with Gasteiger partial charge in [0.05, 0.1) is 5.57 Å². The summed E-state index contributed by atoms with van der Waals surface area (Å²) in [4.78, 5) is 12.9. The summed E-state index contributed by atoms with van der Waals surface area (Å²) < 4.78 is 0. The molecule has 1 N–H and O–H groups in total. The molecule has 0 aliphatic carbocycles. The fourth-order valence-corrected chi connectivity index (χ4v) is 4.95. The van der Waals surface area contributed by atoms with Crippen LogP contribution in [0.2, 0.25) is 0 Å². The SMILES string of the molecule is O=C(O)C(=C(Cc1ccccc1)c1ccccc1Cc1ccccc1)c1ccc(Cc2ccccc2)cc1. The van der Waals surface area contributed by atoms with Crippen LogP contribution in [-0.4, -0.2) is 11.1 Å². The molecule has 0 saturated heterocycles. The van der Waals surface area contributed by atoms with Crippen LogP contribution < -0.4 is 0 Å². The zero-order chi connectivity index (χ0) is 26.2. The summed E-state index contributed by atoms with van der Waals surface area (Å²) in [6.45, 7) is 0. The predicted octanol–water partition coefficient (Wildman–Crippen LogP) is 8.11. The summed E-state index contributed by atoms with van der Waals surface area (Å²) in [5, 5.41) is 10.6. The molecule has 5 rings (SSSR count). The third-order valence-corrected chi connectivity index (χ3v) is 6.81. The molecule has 0 amide bonds. The molecule has 186 valence electrons. The van der Waals surface area contributed by atoms with Gasteiger partial charge in [-0.15, -0.1) is 0 Å². The summed E-state index contributed by atoms with van der Waals surface area (Å²) in [6, 6.07) is 46.9. The molecule has 0 unspecified atom stereocenters. The van der Waals surface area contributed by atoms with Gasteiger partial charge in [0.25, 0.3) is 0 Å². The predicted molar refractivity (Wildman–Crippen MR) is 156 cm³/mol. The third kappa shape index (κ3) is 6.16. The number of benzene rings is 5. The number of hydrogen-bond donors (Lipinski definition) is 1. The molecular weight excluding hydrogens is 464 g/mol. The molecule has 0 radical (unpaired) electrons. The molecule has 0 aromatic heterocycles. The van der Waals surface area contributed by atoms with Crippen LogP contribution in [0.5, 0.6) is 0 Å². The lowest BCUT2D eigenvalue weighted by Crippen LogP contribution is -2.08. The summed E-state index contributed by atoms with van der Waals surface area (Å²) in [7, 11) is 0. The molecule has 5 aromatic rings. The lowest BCUT2D eigenvalue weighted by atomic mass is 9.86. The standard InChI is InChI=1S/C36H30O2/c37-36(38)35(31-22-20-30(21-23-31)24-27-12-4-1-5-13-27)34(26-29-16-8-3-9-17-29)33-19-11-10-18-32(33)25-28-14-6-2-7-15-28/h1-23H,24-26H2,(H,37,38). The van der Waals surface area contributed by atoms with E-state index in [9.17, 15) is 9.90 Å². The molecular formula is C36H30O2. The largest absolute Gasteiger partial charge is 0.478 e. The highest BCUT2D eigenvalue weighted by Gasteiger charge is 2.21. The van der Waals surface area contributed by atoms with Crippen molar-refractivity contribution in [2.75, 3.05) is 0 Å². The lowest BCUT2D eigenvalue weighted by molar-refractivity contribution is -0.130. The highest BCUT2D eigenvalue weighted by molar-refractivity contribution is 6.24. The molecule has 0 aliphatic rings. The Morgan fingerprint density at radius 2 is 0.974 bits per heavy atom. The summed E-state index contributed by atoms with van der Waals surface area (Å²) in [5.41, 5.74) is 8.64. The van der Waals surface area contributed by atoms with Crippen molar-refractivity contribution >= 4 is 17.1 Å². The minimum Gasteiger partial charge on any atom is -0.478 e. The second-order valence-corrected chi connectivity index (χ2v) is 9.50. The minimum atomic E-state index is -0.916. The first-order valence-corrected chi connectivity index (χ1v) is 12.9. The van der Waals surface area contributed by atoms with Crippen LogP contribution in [0.4, 0.5) is 0 Å². The van der Waals surface area contributed by atoms with Crippen molar-refractivity contribution in [1.29, 1.82) is 0 Å². The molecule has 0 aliphatic heterocycles. The van der Waals surface area contributed by atoms with Crippen molar-refractivity contribution in [2.24, 2.45) is 0 Å². The molecule has 38 heavy (non-hydrogen) atoms. The van der Waals surface area contributed by atoms with Crippen molar-refractivity contribution in [1.82, 2.24) is 0 Å². The Morgan fingerprint density at radius 3 is 1.55 bits per heavy atom. The van der Waals surface area contributed by atoms with Crippen molar-refractivity contribution in [3.63, 3.8) is 0 Å². The van der Waals surface area contributed by atoms with E-state index in [0.29, 0.717) is 12.0 Å². The van der Waals surface area contributed by atoms with Gasteiger partial charge in [-0.1, -0.05) is 140 Å². The summed E-state index contributed by atoms with van der Waals surface area (Å²) >= 11 is 0. The topological polar surface area (TPSA) is 37.3 Å². The van der Waals surface area contributed by atoms with E-state index in [0.717, 1.165) is 46.2 Å². The van der Waals surface area contributed by atoms with E-state index in [-0.39, 0.29) is 0 Å². The fourth-order valence-electron chi connectivity index (χ4n) is 4.95. The van der Waals surface area contributed by atoms with E-state index in [1.54, 1.807) is 0 Å². The Hall–Kier alpha value is -4.69. The molecule has 2 heteroatoms. The summed E-state index contributed by atoms with van der Waals surface area (Å²) in [6.07, 6.45) is 2.07. The van der Waals surface area contributed by atoms with Crippen LogP contribution in [0.25, 0.3) is 11.1 Å². The molecule has 0 fully saturated rings. The van der Waals surface area contributed by atoms with E-state index in [4.69, 9.17) is 0 Å². The maximum absolute atomic E-state index is 12.9. The molecule has 0 atom stereocenters. The number of hydrogen-bond acceptors (Lipinski definition) is 1. The van der Waals surface area contributed by atoms with Gasteiger partial charge in [0, 0.05) is 0 Å². The number of carboxylic acids is 1. The number of rotatable bonds is 9. The van der Waals surface area contributed by atoms with Crippen LogP contribution in [0.3, 0.4) is 0 Å². The van der Waals surface area contributed by atoms with Gasteiger partial charge in [0.1, 0.15) is 0 Å². The number of carboxylic acid groups (broad SMARTS) is 1. The van der Waals surface area contributed by atoms with Crippen LogP contribution in [0.1, 0.15) is 38.9 Å². The minimum absolute atomic E-state index is 0.348. The van der Waals surface area contributed by atoms with Gasteiger partial charge in [0.2, 0.25) is 0 Å². The molecule has 0 saturated carbocycles. The zero-order valence-electron chi connectivity index (χ0n) is 21.3. The van der Waals surface area contributed by atoms with E-state index >= 15 is 0 Å². The second kappa shape index (κ2) is 12.0. The van der Waals surface area contributed by atoms with Crippen molar-refractivity contribution < 1.29 is 9.90 Å². The van der Waals surface area contributed by atoms with E-state index < -0.39 is 5.97 Å². The van der Waals surface area contributed by atoms with E-state index in [1.807, 2.05) is 91.0 Å². The smallest absolute Gasteiger partial charge is 0.336 e. The van der Waals surface area contributed by atoms with Crippen LogP contribution in [0.15, 0.2) is 140 Å². The number of aliphatic carboxylic acids is 1. The molecule has 2 nitrogen and oxygen atoms in total. The van der Waals surface area contributed by atoms with Crippen LogP contribution in [-0.2, 0) is 24.1 Å². The molecule has 5 aromatic carbocycles. The monoisotopic (exact) mass is 494 g/mol. The Kier molecular flexibility index (Phi) is 7.91. The average Bonchev–Trinajstić information content (AvgIpc) is 2.95. The third-order valence-electron chi connectivity index (χ3n) is 6.81. The van der Waals surface area contributed by atoms with Gasteiger partial charge in [-0.25, -0.2) is 4.79 Å². The van der Waals surface area contributed by atoms with E-state index in [1.165, 1.54) is 11.1 Å². The van der Waals surface area contributed by atoms with Crippen molar-refractivity contribution in [2.45, 2.75) is 19.3 Å². The van der Waals surface area contributed by atoms with Gasteiger partial charge in [-0.05, 0) is 63.8 Å². The van der Waals surface area contributed by atoms with Gasteiger partial charge in [-0.3, -0.25) is 0 Å². The maximum atomic E-state index is 12.9. The van der Waals surface area contributed by atoms with E-state index in [2.05, 4.69) is 48.5 Å². The Labute approximate surface area is 224 Å². The average molecular weight is 495 g/mol. The lowest BCUT2D eigenvalue weighted by Gasteiger charge is -2.18. The first-order valence-electron chi connectivity index (χ1n) is 12.9. The van der Waals surface area contributed by atoms with Crippen LogP contribution in [0, 0.1) is 0 Å². The van der Waals surface area contributed by atoms with Crippen molar-refractivity contribution in [3.05, 3.63) is 178 Å². The van der Waals surface area contributed by atoms with Gasteiger partial charge < -0.3 is 5.11 Å². The maximum Gasteiger partial charge on any atom is 0.336 e. The first kappa shape index (κ1) is 25.0. The van der Waals surface area contributed by atoms with Gasteiger partial charge in [0.15, 0.2) is 0 Å². The van der Waals surface area contributed by atoms with Gasteiger partial charge >= 0.3 is 5.97 Å². The second-order valence-electron chi connectivity index (χ2n) is 9.50. The molecule has 0 spiro atoms. The Balaban J connectivity index is 1.60. The van der Waals surface area contributed by atoms with Gasteiger partial charge in [-0.2, -0.15) is 0 Å². The molecule has 0 bridgehead atoms. The Morgan fingerprint density at radius 1 is 0.500 bits per heavy atom. The zero-order valence-corrected chi connectivity index (χ0v) is 21.3. The fraction of sp³-hybridized carbons (Fsp3) is 0.0833. The first-order chi connectivity index (χ1) is 18.7. The normalized spacial score (nSPS) is 11.6. The summed E-state index contributed by atoms with van der Waals surface area (Å²) in [5.74, 6) is -0.916.